The van der Waals surface area contributed by atoms with Crippen molar-refractivity contribution in [3.05, 3.63) is 39.7 Å². The number of benzene rings is 1. The molecule has 2 aromatic rings. The summed E-state index contributed by atoms with van der Waals surface area (Å²) < 4.78 is 1.87. The molecule has 0 aliphatic rings. The SMILES string of the molecule is CCn1c(CN)nnc1-c1cc([N+](=O)[O-])ccc1C. The number of nitro groups is 1. The Morgan fingerprint density at radius 3 is 2.74 bits per heavy atom. The normalized spacial score (nSPS) is 10.7. The fourth-order valence-electron chi connectivity index (χ4n) is 1.98. The Bertz CT molecular complexity index is 621. The molecule has 7 heteroatoms. The molecule has 0 atom stereocenters. The minimum atomic E-state index is -0.417. The molecule has 7 nitrogen and oxygen atoms in total. The molecular weight excluding hydrogens is 246 g/mol. The lowest BCUT2D eigenvalue weighted by Crippen LogP contribution is -2.08. The van der Waals surface area contributed by atoms with Crippen LogP contribution in [0.1, 0.15) is 18.3 Å². The van der Waals surface area contributed by atoms with Crippen molar-refractivity contribution < 1.29 is 4.92 Å². The van der Waals surface area contributed by atoms with E-state index in [4.69, 9.17) is 5.73 Å². The van der Waals surface area contributed by atoms with Gasteiger partial charge in [-0.25, -0.2) is 0 Å². The molecule has 0 radical (unpaired) electrons. The van der Waals surface area contributed by atoms with Crippen LogP contribution in [0.5, 0.6) is 0 Å². The van der Waals surface area contributed by atoms with Gasteiger partial charge in [0.05, 0.1) is 11.5 Å². The maximum atomic E-state index is 10.9. The largest absolute Gasteiger partial charge is 0.324 e. The summed E-state index contributed by atoms with van der Waals surface area (Å²) in [7, 11) is 0. The number of nitrogens with zero attached hydrogens (tertiary/aromatic N) is 4. The van der Waals surface area contributed by atoms with Gasteiger partial charge in [-0.3, -0.25) is 10.1 Å². The molecule has 2 rings (SSSR count). The minimum absolute atomic E-state index is 0.0422. The van der Waals surface area contributed by atoms with E-state index in [0.29, 0.717) is 23.8 Å². The molecule has 0 bridgehead atoms. The minimum Gasteiger partial charge on any atom is -0.324 e. The summed E-state index contributed by atoms with van der Waals surface area (Å²) >= 11 is 0. The summed E-state index contributed by atoms with van der Waals surface area (Å²) in [5.41, 5.74) is 7.27. The third-order valence-corrected chi connectivity index (χ3v) is 3.00. The van der Waals surface area contributed by atoms with Crippen LogP contribution >= 0.6 is 0 Å². The van der Waals surface area contributed by atoms with Gasteiger partial charge < -0.3 is 10.3 Å². The molecular formula is C12H15N5O2. The second-order valence-electron chi connectivity index (χ2n) is 4.14. The van der Waals surface area contributed by atoms with E-state index in [-0.39, 0.29) is 12.2 Å². The van der Waals surface area contributed by atoms with Gasteiger partial charge in [0.2, 0.25) is 0 Å². The van der Waals surface area contributed by atoms with Crippen molar-refractivity contribution in [2.24, 2.45) is 5.73 Å². The van der Waals surface area contributed by atoms with Crippen LogP contribution in [0.25, 0.3) is 11.4 Å². The first-order chi connectivity index (χ1) is 9.08. The molecule has 0 spiro atoms. The maximum absolute atomic E-state index is 10.9. The van der Waals surface area contributed by atoms with Gasteiger partial charge >= 0.3 is 0 Å². The number of nitrogens with two attached hydrogens (primary N) is 1. The third kappa shape index (κ3) is 2.32. The van der Waals surface area contributed by atoms with Crippen molar-refractivity contribution in [3.8, 4) is 11.4 Å². The zero-order chi connectivity index (χ0) is 14.0. The first kappa shape index (κ1) is 13.2. The number of hydrogen-bond acceptors (Lipinski definition) is 5. The highest BCUT2D eigenvalue weighted by molar-refractivity contribution is 5.64. The second kappa shape index (κ2) is 5.15. The highest BCUT2D eigenvalue weighted by atomic mass is 16.6. The molecule has 2 N–H and O–H groups in total. The van der Waals surface area contributed by atoms with Gasteiger partial charge in [0.25, 0.3) is 5.69 Å². The molecule has 0 aliphatic heterocycles. The van der Waals surface area contributed by atoms with Gasteiger partial charge in [-0.2, -0.15) is 0 Å². The molecule has 1 aromatic carbocycles. The van der Waals surface area contributed by atoms with Gasteiger partial charge in [0.15, 0.2) is 5.82 Å². The van der Waals surface area contributed by atoms with Crippen LogP contribution in [0, 0.1) is 17.0 Å². The van der Waals surface area contributed by atoms with Crippen LogP contribution in [-0.4, -0.2) is 19.7 Å². The van der Waals surface area contributed by atoms with Crippen LogP contribution in [0.2, 0.25) is 0 Å². The monoisotopic (exact) mass is 261 g/mol. The summed E-state index contributed by atoms with van der Waals surface area (Å²) in [6.07, 6.45) is 0. The highest BCUT2D eigenvalue weighted by Crippen LogP contribution is 2.26. The average molecular weight is 261 g/mol. The van der Waals surface area contributed by atoms with Gasteiger partial charge in [-0.1, -0.05) is 6.07 Å². The number of aryl methyl sites for hydroxylation is 1. The Kier molecular flexibility index (Phi) is 3.57. The summed E-state index contributed by atoms with van der Waals surface area (Å²) in [6, 6.07) is 4.71. The molecule has 19 heavy (non-hydrogen) atoms. The average Bonchev–Trinajstić information content (AvgIpc) is 2.81. The van der Waals surface area contributed by atoms with E-state index >= 15 is 0 Å². The number of aromatic nitrogens is 3. The van der Waals surface area contributed by atoms with Crippen molar-refractivity contribution >= 4 is 5.69 Å². The van der Waals surface area contributed by atoms with E-state index in [0.717, 1.165) is 5.56 Å². The number of rotatable bonds is 4. The van der Waals surface area contributed by atoms with Gasteiger partial charge in [0.1, 0.15) is 5.82 Å². The van der Waals surface area contributed by atoms with Crippen LogP contribution in [0.15, 0.2) is 18.2 Å². The van der Waals surface area contributed by atoms with E-state index < -0.39 is 4.92 Å². The number of nitro benzene ring substituents is 1. The van der Waals surface area contributed by atoms with Crippen LogP contribution in [-0.2, 0) is 13.1 Å². The lowest BCUT2D eigenvalue weighted by molar-refractivity contribution is -0.384. The zero-order valence-corrected chi connectivity index (χ0v) is 10.8. The van der Waals surface area contributed by atoms with Gasteiger partial charge in [0, 0.05) is 24.2 Å². The molecule has 0 unspecified atom stereocenters. The van der Waals surface area contributed by atoms with E-state index in [9.17, 15) is 10.1 Å². The van der Waals surface area contributed by atoms with Crippen molar-refractivity contribution in [1.82, 2.24) is 14.8 Å². The van der Waals surface area contributed by atoms with Crippen molar-refractivity contribution in [3.63, 3.8) is 0 Å². The quantitative estimate of drug-likeness (QED) is 0.666. The molecule has 100 valence electrons. The highest BCUT2D eigenvalue weighted by Gasteiger charge is 2.16. The third-order valence-electron chi connectivity index (χ3n) is 3.00. The maximum Gasteiger partial charge on any atom is 0.270 e. The first-order valence-electron chi connectivity index (χ1n) is 5.96. The topological polar surface area (TPSA) is 99.9 Å². The Balaban J connectivity index is 2.61. The molecule has 0 amide bonds. The van der Waals surface area contributed by atoms with E-state index in [2.05, 4.69) is 10.2 Å². The summed E-state index contributed by atoms with van der Waals surface area (Å²) in [5.74, 6) is 1.28. The van der Waals surface area contributed by atoms with E-state index in [1.54, 1.807) is 6.07 Å². The Hall–Kier alpha value is -2.28. The molecule has 0 fully saturated rings. The molecule has 1 aromatic heterocycles. The van der Waals surface area contributed by atoms with E-state index in [1.165, 1.54) is 12.1 Å². The second-order valence-corrected chi connectivity index (χ2v) is 4.14. The molecule has 0 aliphatic carbocycles. The lowest BCUT2D eigenvalue weighted by atomic mass is 10.1. The van der Waals surface area contributed by atoms with Crippen LogP contribution in [0.4, 0.5) is 5.69 Å². The van der Waals surface area contributed by atoms with Crippen molar-refractivity contribution in [2.75, 3.05) is 0 Å². The smallest absolute Gasteiger partial charge is 0.270 e. The fraction of sp³-hybridized carbons (Fsp3) is 0.333. The standard InChI is InChI=1S/C12H15N5O2/c1-3-16-11(7-13)14-15-12(16)10-6-9(17(18)19)5-4-8(10)2/h4-6H,3,7,13H2,1-2H3. The Morgan fingerprint density at radius 1 is 1.42 bits per heavy atom. The zero-order valence-electron chi connectivity index (χ0n) is 10.8. The number of non-ortho nitro benzene ring substituents is 1. The van der Waals surface area contributed by atoms with Crippen molar-refractivity contribution in [2.45, 2.75) is 26.9 Å². The fourth-order valence-corrected chi connectivity index (χ4v) is 1.98. The van der Waals surface area contributed by atoms with E-state index in [1.807, 2.05) is 18.4 Å². The van der Waals surface area contributed by atoms with Crippen LogP contribution in [0.3, 0.4) is 0 Å². The summed E-state index contributed by atoms with van der Waals surface area (Å²) in [6.45, 7) is 4.79. The predicted octanol–water partition coefficient (Wildman–Crippen LogP) is 1.64. The molecule has 0 saturated carbocycles. The molecule has 0 saturated heterocycles. The lowest BCUT2D eigenvalue weighted by Gasteiger charge is -2.08. The summed E-state index contributed by atoms with van der Waals surface area (Å²) in [5, 5.41) is 19.0. The van der Waals surface area contributed by atoms with Gasteiger partial charge in [-0.05, 0) is 19.4 Å². The Labute approximate surface area is 110 Å². The molecule has 1 heterocycles. The predicted molar refractivity (Wildman–Crippen MR) is 70.4 cm³/mol. The van der Waals surface area contributed by atoms with Gasteiger partial charge in [-0.15, -0.1) is 10.2 Å². The van der Waals surface area contributed by atoms with Crippen molar-refractivity contribution in [1.29, 1.82) is 0 Å². The first-order valence-corrected chi connectivity index (χ1v) is 5.96. The number of hydrogen-bond donors (Lipinski definition) is 1. The Morgan fingerprint density at radius 2 is 2.16 bits per heavy atom. The summed E-state index contributed by atoms with van der Waals surface area (Å²) in [4.78, 5) is 10.4. The van der Waals surface area contributed by atoms with Crippen LogP contribution < -0.4 is 5.73 Å².